The smallest absolute Gasteiger partial charge is 0.194 e. The number of hydrogen-bond acceptors (Lipinski definition) is 6. The van der Waals surface area contributed by atoms with Crippen LogP contribution in [0.5, 0.6) is 0 Å². The van der Waals surface area contributed by atoms with Crippen LogP contribution < -0.4 is 10.2 Å². The zero-order valence-electron chi connectivity index (χ0n) is 17.8. The first-order chi connectivity index (χ1) is 14.8. The maximum absolute atomic E-state index is 5.44. The summed E-state index contributed by atoms with van der Waals surface area (Å²) in [5.41, 5.74) is 3.48. The average Bonchev–Trinajstić information content (AvgIpc) is 3.31. The Morgan fingerprint density at radius 2 is 1.80 bits per heavy atom. The summed E-state index contributed by atoms with van der Waals surface area (Å²) in [6.45, 7) is 12.0. The van der Waals surface area contributed by atoms with Gasteiger partial charge in [0.25, 0.3) is 0 Å². The SMILES string of the molecule is CCNC(=NCc1ccc(N2CCOCC2)cc1)N1CCN(Cc2ccon2)CC1. The fourth-order valence-electron chi connectivity index (χ4n) is 3.89. The first kappa shape index (κ1) is 20.7. The van der Waals surface area contributed by atoms with Gasteiger partial charge in [-0.05, 0) is 24.6 Å². The third kappa shape index (κ3) is 5.52. The number of morpholine rings is 1. The highest BCUT2D eigenvalue weighted by Gasteiger charge is 2.20. The van der Waals surface area contributed by atoms with Gasteiger partial charge in [-0.1, -0.05) is 17.3 Å². The molecular weight excluding hydrogens is 380 g/mol. The Morgan fingerprint density at radius 3 is 2.47 bits per heavy atom. The molecule has 1 aromatic carbocycles. The number of nitrogens with zero attached hydrogens (tertiary/aromatic N) is 5. The number of rotatable bonds is 6. The molecule has 0 radical (unpaired) electrons. The van der Waals surface area contributed by atoms with Crippen molar-refractivity contribution in [3.05, 3.63) is 47.9 Å². The van der Waals surface area contributed by atoms with Gasteiger partial charge in [0.2, 0.25) is 0 Å². The zero-order valence-corrected chi connectivity index (χ0v) is 17.8. The van der Waals surface area contributed by atoms with Gasteiger partial charge in [-0.2, -0.15) is 0 Å². The molecule has 0 aliphatic carbocycles. The number of aliphatic imine (C=N–C) groups is 1. The van der Waals surface area contributed by atoms with Crippen molar-refractivity contribution in [1.82, 2.24) is 20.3 Å². The number of aromatic nitrogens is 1. The molecule has 8 heteroatoms. The molecule has 162 valence electrons. The van der Waals surface area contributed by atoms with E-state index in [0.29, 0.717) is 6.54 Å². The van der Waals surface area contributed by atoms with Crippen molar-refractivity contribution in [3.8, 4) is 0 Å². The van der Waals surface area contributed by atoms with Crippen LogP contribution in [-0.4, -0.2) is 79.9 Å². The molecule has 0 spiro atoms. The molecule has 1 N–H and O–H groups in total. The van der Waals surface area contributed by atoms with Gasteiger partial charge in [0, 0.05) is 64.1 Å². The van der Waals surface area contributed by atoms with Gasteiger partial charge in [0.05, 0.1) is 25.5 Å². The third-order valence-electron chi connectivity index (χ3n) is 5.61. The van der Waals surface area contributed by atoms with Crippen LogP contribution in [0.2, 0.25) is 0 Å². The van der Waals surface area contributed by atoms with Crippen molar-refractivity contribution in [2.24, 2.45) is 4.99 Å². The number of benzene rings is 1. The van der Waals surface area contributed by atoms with Crippen LogP contribution in [0.3, 0.4) is 0 Å². The van der Waals surface area contributed by atoms with E-state index < -0.39 is 0 Å². The largest absolute Gasteiger partial charge is 0.378 e. The lowest BCUT2D eigenvalue weighted by Gasteiger charge is -2.36. The van der Waals surface area contributed by atoms with E-state index in [1.807, 2.05) is 6.07 Å². The van der Waals surface area contributed by atoms with Crippen LogP contribution in [0.4, 0.5) is 5.69 Å². The van der Waals surface area contributed by atoms with Gasteiger partial charge in [0.1, 0.15) is 6.26 Å². The molecule has 0 amide bonds. The van der Waals surface area contributed by atoms with Crippen molar-refractivity contribution in [2.45, 2.75) is 20.0 Å². The molecule has 2 saturated heterocycles. The van der Waals surface area contributed by atoms with Crippen LogP contribution in [-0.2, 0) is 17.8 Å². The summed E-state index contributed by atoms with van der Waals surface area (Å²) in [4.78, 5) is 12.0. The molecule has 8 nitrogen and oxygen atoms in total. The minimum atomic E-state index is 0.685. The second-order valence-corrected chi connectivity index (χ2v) is 7.69. The minimum Gasteiger partial charge on any atom is -0.378 e. The maximum Gasteiger partial charge on any atom is 0.194 e. The lowest BCUT2D eigenvalue weighted by atomic mass is 10.2. The molecule has 0 bridgehead atoms. The molecule has 4 rings (SSSR count). The summed E-state index contributed by atoms with van der Waals surface area (Å²) in [7, 11) is 0. The Hall–Kier alpha value is -2.58. The van der Waals surface area contributed by atoms with E-state index in [-0.39, 0.29) is 0 Å². The molecule has 0 atom stereocenters. The second kappa shape index (κ2) is 10.4. The van der Waals surface area contributed by atoms with Crippen LogP contribution in [0, 0.1) is 0 Å². The van der Waals surface area contributed by atoms with Crippen molar-refractivity contribution in [2.75, 3.05) is 63.9 Å². The van der Waals surface area contributed by atoms with E-state index in [1.165, 1.54) is 11.3 Å². The standard InChI is InChI=1S/C22H32N6O2/c1-2-23-22(28-10-8-26(9-11-28)18-20-7-14-30-25-20)24-17-19-3-5-21(6-4-19)27-12-15-29-16-13-27/h3-7,14H,2,8-13,15-18H2,1H3,(H,23,24). The first-order valence-electron chi connectivity index (χ1n) is 10.9. The average molecular weight is 413 g/mol. The predicted molar refractivity (Wildman–Crippen MR) is 118 cm³/mol. The van der Waals surface area contributed by atoms with Crippen molar-refractivity contribution in [3.63, 3.8) is 0 Å². The summed E-state index contributed by atoms with van der Waals surface area (Å²) in [6.07, 6.45) is 1.63. The Kier molecular flexibility index (Phi) is 7.20. The van der Waals surface area contributed by atoms with Gasteiger partial charge in [-0.3, -0.25) is 4.90 Å². The lowest BCUT2D eigenvalue weighted by molar-refractivity contribution is 0.122. The number of piperazine rings is 1. The van der Waals surface area contributed by atoms with E-state index >= 15 is 0 Å². The van der Waals surface area contributed by atoms with Gasteiger partial charge >= 0.3 is 0 Å². The summed E-state index contributed by atoms with van der Waals surface area (Å²) < 4.78 is 10.4. The summed E-state index contributed by atoms with van der Waals surface area (Å²) in [6, 6.07) is 10.7. The lowest BCUT2D eigenvalue weighted by Crippen LogP contribution is -2.52. The maximum atomic E-state index is 5.44. The number of guanidine groups is 1. The number of nitrogens with one attached hydrogen (secondary N) is 1. The Morgan fingerprint density at radius 1 is 1.03 bits per heavy atom. The fourth-order valence-corrected chi connectivity index (χ4v) is 3.89. The predicted octanol–water partition coefficient (Wildman–Crippen LogP) is 1.79. The number of hydrogen-bond donors (Lipinski definition) is 1. The summed E-state index contributed by atoms with van der Waals surface area (Å²) in [5, 5.41) is 7.47. The summed E-state index contributed by atoms with van der Waals surface area (Å²) >= 11 is 0. The van der Waals surface area contributed by atoms with Crippen LogP contribution in [0.15, 0.2) is 46.1 Å². The van der Waals surface area contributed by atoms with E-state index in [1.54, 1.807) is 6.26 Å². The fraction of sp³-hybridized carbons (Fsp3) is 0.545. The number of ether oxygens (including phenoxy) is 1. The highest BCUT2D eigenvalue weighted by Crippen LogP contribution is 2.17. The molecule has 0 unspecified atom stereocenters. The molecule has 3 heterocycles. The van der Waals surface area contributed by atoms with E-state index in [4.69, 9.17) is 14.3 Å². The van der Waals surface area contributed by atoms with Gasteiger partial charge in [0.15, 0.2) is 5.96 Å². The van der Waals surface area contributed by atoms with Crippen LogP contribution in [0.25, 0.3) is 0 Å². The van der Waals surface area contributed by atoms with Gasteiger partial charge in [-0.15, -0.1) is 0 Å². The van der Waals surface area contributed by atoms with Crippen molar-refractivity contribution < 1.29 is 9.26 Å². The second-order valence-electron chi connectivity index (χ2n) is 7.69. The zero-order chi connectivity index (χ0) is 20.6. The molecular formula is C22H32N6O2. The molecule has 2 fully saturated rings. The van der Waals surface area contributed by atoms with Crippen molar-refractivity contribution in [1.29, 1.82) is 0 Å². The van der Waals surface area contributed by atoms with Crippen LogP contribution in [0.1, 0.15) is 18.2 Å². The molecule has 1 aromatic heterocycles. The molecule has 0 saturated carbocycles. The van der Waals surface area contributed by atoms with Gasteiger partial charge < -0.3 is 24.4 Å². The Balaban J connectivity index is 1.31. The van der Waals surface area contributed by atoms with Crippen molar-refractivity contribution >= 4 is 11.6 Å². The van der Waals surface area contributed by atoms with Crippen LogP contribution >= 0.6 is 0 Å². The highest BCUT2D eigenvalue weighted by atomic mass is 16.5. The van der Waals surface area contributed by atoms with E-state index in [0.717, 1.165) is 77.2 Å². The monoisotopic (exact) mass is 412 g/mol. The quantitative estimate of drug-likeness (QED) is 0.573. The van der Waals surface area contributed by atoms with E-state index in [2.05, 4.69) is 56.4 Å². The molecule has 30 heavy (non-hydrogen) atoms. The molecule has 2 aliphatic heterocycles. The third-order valence-corrected chi connectivity index (χ3v) is 5.61. The molecule has 2 aliphatic rings. The number of anilines is 1. The van der Waals surface area contributed by atoms with E-state index in [9.17, 15) is 0 Å². The topological polar surface area (TPSA) is 69.4 Å². The Labute approximate surface area is 178 Å². The van der Waals surface area contributed by atoms with Gasteiger partial charge in [-0.25, -0.2) is 4.99 Å². The molecule has 2 aromatic rings. The first-order valence-corrected chi connectivity index (χ1v) is 10.9. The summed E-state index contributed by atoms with van der Waals surface area (Å²) in [5.74, 6) is 0.996. The minimum absolute atomic E-state index is 0.685. The highest BCUT2D eigenvalue weighted by molar-refractivity contribution is 5.80. The Bertz CT molecular complexity index is 778. The normalized spacial score (nSPS) is 18.6.